The molecule has 2 aliphatic carbocycles. The molecular formula is C20H28IN5O2. The zero-order valence-corrected chi connectivity index (χ0v) is 18.3. The van der Waals surface area contributed by atoms with E-state index in [1.165, 1.54) is 17.7 Å². The molecule has 0 atom stereocenters. The summed E-state index contributed by atoms with van der Waals surface area (Å²) < 4.78 is 0. The van der Waals surface area contributed by atoms with Crippen LogP contribution >= 0.6 is 24.0 Å². The van der Waals surface area contributed by atoms with Crippen LogP contribution in [0.2, 0.25) is 0 Å². The molecule has 8 heteroatoms. The Morgan fingerprint density at radius 1 is 1.21 bits per heavy atom. The van der Waals surface area contributed by atoms with Crippen molar-refractivity contribution in [2.75, 3.05) is 4.90 Å². The van der Waals surface area contributed by atoms with Gasteiger partial charge >= 0.3 is 6.03 Å². The molecule has 1 heterocycles. The molecule has 0 bridgehead atoms. The zero-order valence-electron chi connectivity index (χ0n) is 15.9. The van der Waals surface area contributed by atoms with Gasteiger partial charge in [-0.1, -0.05) is 37.8 Å². The Hall–Kier alpha value is -1.84. The van der Waals surface area contributed by atoms with Crippen LogP contribution < -0.4 is 21.3 Å². The molecule has 1 aromatic carbocycles. The predicted octanol–water partition coefficient (Wildman–Crippen LogP) is 3.02. The van der Waals surface area contributed by atoms with Crippen molar-refractivity contribution >= 4 is 47.6 Å². The minimum Gasteiger partial charge on any atom is -0.370 e. The van der Waals surface area contributed by atoms with E-state index in [9.17, 15) is 9.59 Å². The lowest BCUT2D eigenvalue weighted by atomic mass is 9.98. The first-order valence-electron chi connectivity index (χ1n) is 9.89. The third-order valence-electron chi connectivity index (χ3n) is 5.93. The van der Waals surface area contributed by atoms with Gasteiger partial charge in [-0.15, -0.1) is 24.0 Å². The number of urea groups is 1. The molecule has 152 valence electrons. The predicted molar refractivity (Wildman–Crippen MR) is 120 cm³/mol. The lowest BCUT2D eigenvalue weighted by Crippen LogP contribution is -2.44. The van der Waals surface area contributed by atoms with E-state index in [-0.39, 0.29) is 35.9 Å². The molecule has 0 unspecified atom stereocenters. The van der Waals surface area contributed by atoms with Crippen molar-refractivity contribution in [2.24, 2.45) is 10.7 Å². The van der Waals surface area contributed by atoms with Gasteiger partial charge in [0.25, 0.3) is 5.91 Å². The van der Waals surface area contributed by atoms with Crippen LogP contribution in [0.4, 0.5) is 10.5 Å². The molecule has 28 heavy (non-hydrogen) atoms. The lowest BCUT2D eigenvalue weighted by molar-refractivity contribution is -0.121. The highest BCUT2D eigenvalue weighted by Crippen LogP contribution is 2.37. The summed E-state index contributed by atoms with van der Waals surface area (Å²) in [5.41, 5.74) is 6.81. The van der Waals surface area contributed by atoms with E-state index < -0.39 is 5.54 Å². The number of carbonyl (C=O) groups excluding carboxylic acids is 2. The maximum Gasteiger partial charge on any atom is 0.329 e. The number of hydrogen-bond acceptors (Lipinski definition) is 3. The summed E-state index contributed by atoms with van der Waals surface area (Å²) in [6, 6.07) is 7.51. The summed E-state index contributed by atoms with van der Waals surface area (Å²) >= 11 is 0. The zero-order chi connectivity index (χ0) is 18.9. The number of nitrogens with one attached hydrogen (secondary N) is 2. The van der Waals surface area contributed by atoms with Crippen LogP contribution in [-0.2, 0) is 11.3 Å². The van der Waals surface area contributed by atoms with E-state index in [1.807, 2.05) is 18.2 Å². The van der Waals surface area contributed by atoms with Gasteiger partial charge in [-0.25, -0.2) is 14.7 Å². The monoisotopic (exact) mass is 497 g/mol. The topological polar surface area (TPSA) is 99.8 Å². The second kappa shape index (κ2) is 8.67. The molecule has 3 fully saturated rings. The highest BCUT2D eigenvalue weighted by Gasteiger charge is 2.52. The first-order chi connectivity index (χ1) is 13.1. The maximum absolute atomic E-state index is 12.9. The van der Waals surface area contributed by atoms with Crippen molar-refractivity contribution in [3.05, 3.63) is 29.8 Å². The molecule has 3 aliphatic rings. The highest BCUT2D eigenvalue weighted by atomic mass is 127. The van der Waals surface area contributed by atoms with Gasteiger partial charge in [0.15, 0.2) is 5.96 Å². The molecule has 1 aliphatic heterocycles. The molecule has 1 spiro atoms. The number of rotatable bonds is 4. The van der Waals surface area contributed by atoms with Crippen molar-refractivity contribution in [3.8, 4) is 0 Å². The summed E-state index contributed by atoms with van der Waals surface area (Å²) in [6.45, 7) is 0.411. The normalized spacial score (nSPS) is 21.9. The van der Waals surface area contributed by atoms with E-state index in [2.05, 4.69) is 15.6 Å². The molecule has 3 amide bonds. The van der Waals surface area contributed by atoms with E-state index in [1.54, 1.807) is 6.07 Å². The Morgan fingerprint density at radius 3 is 2.64 bits per heavy atom. The van der Waals surface area contributed by atoms with Gasteiger partial charge < -0.3 is 16.4 Å². The van der Waals surface area contributed by atoms with Crippen LogP contribution in [0.15, 0.2) is 29.3 Å². The van der Waals surface area contributed by atoms with Crippen LogP contribution in [0.25, 0.3) is 0 Å². The number of carbonyl (C=O) groups is 2. The number of aliphatic imine (C=N–C) groups is 1. The van der Waals surface area contributed by atoms with Crippen LogP contribution in [0.3, 0.4) is 0 Å². The van der Waals surface area contributed by atoms with E-state index in [0.29, 0.717) is 24.2 Å². The van der Waals surface area contributed by atoms with Gasteiger partial charge in [0.2, 0.25) is 0 Å². The number of guanidine groups is 1. The van der Waals surface area contributed by atoms with Crippen LogP contribution in [0.1, 0.15) is 56.9 Å². The van der Waals surface area contributed by atoms with Gasteiger partial charge in [0.05, 0.1) is 12.2 Å². The number of amides is 3. The minimum absolute atomic E-state index is 0. The smallest absolute Gasteiger partial charge is 0.329 e. The van der Waals surface area contributed by atoms with Crippen LogP contribution in [0, 0.1) is 0 Å². The van der Waals surface area contributed by atoms with Gasteiger partial charge in [-0.3, -0.25) is 4.79 Å². The van der Waals surface area contributed by atoms with Crippen LogP contribution in [-0.4, -0.2) is 29.5 Å². The molecule has 0 aromatic heterocycles. The van der Waals surface area contributed by atoms with Crippen LogP contribution in [0.5, 0.6) is 0 Å². The Kier molecular flexibility index (Phi) is 6.47. The highest BCUT2D eigenvalue weighted by molar-refractivity contribution is 14.0. The second-order valence-corrected chi connectivity index (χ2v) is 7.86. The van der Waals surface area contributed by atoms with Crippen molar-refractivity contribution < 1.29 is 9.59 Å². The summed E-state index contributed by atoms with van der Waals surface area (Å²) in [4.78, 5) is 31.0. The molecule has 1 saturated heterocycles. The lowest BCUT2D eigenvalue weighted by Gasteiger charge is -2.20. The number of imide groups is 1. The number of nitrogens with two attached hydrogens (primary N) is 1. The third-order valence-corrected chi connectivity index (χ3v) is 5.93. The maximum atomic E-state index is 12.9. The fraction of sp³-hybridized carbons (Fsp3) is 0.550. The Balaban J connectivity index is 0.00000225. The van der Waals surface area contributed by atoms with Crippen molar-refractivity contribution in [1.82, 2.24) is 10.6 Å². The van der Waals surface area contributed by atoms with Gasteiger partial charge in [-0.2, -0.15) is 0 Å². The summed E-state index contributed by atoms with van der Waals surface area (Å²) in [5, 5.41) is 6.18. The number of halogens is 1. The van der Waals surface area contributed by atoms with E-state index in [4.69, 9.17) is 5.73 Å². The van der Waals surface area contributed by atoms with Crippen molar-refractivity contribution in [1.29, 1.82) is 0 Å². The first-order valence-corrected chi connectivity index (χ1v) is 9.89. The second-order valence-electron chi connectivity index (χ2n) is 7.86. The standard InChI is InChI=1S/C20H27N5O2.HI/c21-18(23-15-7-1-2-8-15)22-13-14-6-5-9-16(12-14)25-17(26)20(24-19(25)27)10-3-4-11-20;/h5-6,9,12,15H,1-4,7-8,10-11,13H2,(H,24,27)(H3,21,22,23);1H. The van der Waals surface area contributed by atoms with Gasteiger partial charge in [0.1, 0.15) is 5.54 Å². The number of hydrogen-bond donors (Lipinski definition) is 3. The SMILES string of the molecule is I.NC(=NCc1cccc(N2C(=O)NC3(CCCC3)C2=O)c1)NC1CCCC1. The van der Waals surface area contributed by atoms with E-state index in [0.717, 1.165) is 44.1 Å². The van der Waals surface area contributed by atoms with Crippen molar-refractivity contribution in [3.63, 3.8) is 0 Å². The number of benzene rings is 1. The minimum atomic E-state index is -0.694. The van der Waals surface area contributed by atoms with Gasteiger partial charge in [0, 0.05) is 6.04 Å². The number of nitrogens with zero attached hydrogens (tertiary/aromatic N) is 2. The fourth-order valence-electron chi connectivity index (χ4n) is 4.47. The molecule has 4 rings (SSSR count). The molecule has 2 saturated carbocycles. The molecule has 7 nitrogen and oxygen atoms in total. The first kappa shape index (κ1) is 20.9. The van der Waals surface area contributed by atoms with E-state index >= 15 is 0 Å². The molecule has 1 aromatic rings. The average molecular weight is 497 g/mol. The molecule has 0 radical (unpaired) electrons. The summed E-state index contributed by atoms with van der Waals surface area (Å²) in [5.74, 6) is 0.320. The molecular weight excluding hydrogens is 469 g/mol. The largest absolute Gasteiger partial charge is 0.370 e. The summed E-state index contributed by atoms with van der Waals surface area (Å²) in [7, 11) is 0. The Morgan fingerprint density at radius 2 is 1.93 bits per heavy atom. The fourth-order valence-corrected chi connectivity index (χ4v) is 4.47. The van der Waals surface area contributed by atoms with Crippen molar-refractivity contribution in [2.45, 2.75) is 69.5 Å². The Bertz CT molecular complexity index is 770. The quantitative estimate of drug-likeness (QED) is 0.258. The Labute approximate surface area is 182 Å². The number of anilines is 1. The molecule has 4 N–H and O–H groups in total. The average Bonchev–Trinajstić information content (AvgIpc) is 3.37. The summed E-state index contributed by atoms with van der Waals surface area (Å²) in [6.07, 6.45) is 8.15. The third kappa shape index (κ3) is 4.11. The van der Waals surface area contributed by atoms with Gasteiger partial charge in [-0.05, 0) is 43.4 Å².